The number of aromatic hydroxyl groups is 1. The second-order valence-corrected chi connectivity index (χ2v) is 13.4. The molecule has 2 rings (SSSR count). The monoisotopic (exact) mass is 647 g/mol. The minimum atomic E-state index is -3.67. The van der Waals surface area contributed by atoms with Crippen molar-refractivity contribution in [1.29, 1.82) is 0 Å². The molecule has 12 nitrogen and oxygen atoms in total. The first-order chi connectivity index (χ1) is 21.2. The van der Waals surface area contributed by atoms with Gasteiger partial charge in [0.05, 0.1) is 17.9 Å². The van der Waals surface area contributed by atoms with Crippen molar-refractivity contribution < 1.29 is 33.0 Å². The molecule has 0 bridgehead atoms. The van der Waals surface area contributed by atoms with E-state index in [2.05, 4.69) is 10.1 Å². The number of phenols is 1. The van der Waals surface area contributed by atoms with E-state index < -0.39 is 34.0 Å². The third-order valence-corrected chi connectivity index (χ3v) is 8.54. The Bertz CT molecular complexity index is 1380. The number of nitrogens with zero attached hydrogens (tertiary/aromatic N) is 2. The van der Waals surface area contributed by atoms with Crippen molar-refractivity contribution in [2.45, 2.75) is 72.4 Å². The van der Waals surface area contributed by atoms with Gasteiger partial charge >= 0.3 is 0 Å². The lowest BCUT2D eigenvalue weighted by atomic mass is 9.99. The number of aliphatic hydroxyl groups is 1. The van der Waals surface area contributed by atoms with E-state index in [9.17, 15) is 33.0 Å². The quantitative estimate of drug-likeness (QED) is 0.144. The summed E-state index contributed by atoms with van der Waals surface area (Å²) < 4.78 is 25.3. The number of nitrogens with two attached hydrogens (primary N) is 1. The van der Waals surface area contributed by atoms with Crippen LogP contribution in [0.5, 0.6) is 5.75 Å². The van der Waals surface area contributed by atoms with Crippen LogP contribution < -0.4 is 15.9 Å². The predicted molar refractivity (Wildman–Crippen MR) is 174 cm³/mol. The Morgan fingerprint density at radius 1 is 0.889 bits per heavy atom. The second-order valence-electron chi connectivity index (χ2n) is 11.7. The van der Waals surface area contributed by atoms with Crippen molar-refractivity contribution in [3.05, 3.63) is 64.7 Å². The Labute approximate surface area is 267 Å². The average molecular weight is 648 g/mol. The highest BCUT2D eigenvalue weighted by Crippen LogP contribution is 2.17. The van der Waals surface area contributed by atoms with E-state index >= 15 is 0 Å². The van der Waals surface area contributed by atoms with Gasteiger partial charge in [0.25, 0.3) is 11.8 Å². The molecule has 0 aromatic heterocycles. The summed E-state index contributed by atoms with van der Waals surface area (Å²) in [4.78, 5) is 43.4. The highest BCUT2D eigenvalue weighted by molar-refractivity contribution is 7.89. The zero-order chi connectivity index (χ0) is 33.7. The zero-order valence-electron chi connectivity index (χ0n) is 27.0. The normalized spacial score (nSPS) is 13.1. The minimum absolute atomic E-state index is 0.00792. The molecule has 0 aliphatic rings. The van der Waals surface area contributed by atoms with Gasteiger partial charge in [0.15, 0.2) is 0 Å². The molecular formula is C32H49N5O7S. The Morgan fingerprint density at radius 2 is 1.44 bits per heavy atom. The molecule has 0 heterocycles. The Morgan fingerprint density at radius 3 is 1.98 bits per heavy atom. The van der Waals surface area contributed by atoms with Crippen LogP contribution in [0, 0.1) is 5.92 Å². The van der Waals surface area contributed by atoms with Crippen LogP contribution in [0.4, 0.5) is 0 Å². The number of primary amides is 1. The summed E-state index contributed by atoms with van der Waals surface area (Å²) in [5.41, 5.74) is 6.38. The van der Waals surface area contributed by atoms with Crippen molar-refractivity contribution in [2.75, 3.05) is 31.9 Å². The summed E-state index contributed by atoms with van der Waals surface area (Å²) >= 11 is 0. The highest BCUT2D eigenvalue weighted by atomic mass is 32.2. The molecule has 3 amide bonds. The first-order valence-corrected chi connectivity index (χ1v) is 17.1. The number of amides is 3. The number of hydrogen-bond acceptors (Lipinski definition) is 8. The molecule has 250 valence electrons. The molecule has 2 aromatic carbocycles. The molecule has 2 atom stereocenters. The van der Waals surface area contributed by atoms with E-state index in [1.165, 1.54) is 35.3 Å². The lowest BCUT2D eigenvalue weighted by molar-refractivity contribution is 0.0618. The maximum atomic E-state index is 13.7. The molecule has 0 saturated heterocycles. The van der Waals surface area contributed by atoms with Crippen LogP contribution in [0.2, 0.25) is 0 Å². The molecule has 2 aromatic rings. The van der Waals surface area contributed by atoms with E-state index in [1.807, 2.05) is 20.8 Å². The van der Waals surface area contributed by atoms with E-state index in [1.54, 1.807) is 30.9 Å². The third-order valence-electron chi connectivity index (χ3n) is 6.90. The summed E-state index contributed by atoms with van der Waals surface area (Å²) in [6.07, 6.45) is 0.937. The van der Waals surface area contributed by atoms with Gasteiger partial charge in [-0.3, -0.25) is 14.4 Å². The fourth-order valence-corrected chi connectivity index (χ4v) is 6.46. The number of hydrazine groups is 1. The Kier molecular flexibility index (Phi) is 14.9. The van der Waals surface area contributed by atoms with E-state index in [-0.39, 0.29) is 53.0 Å². The van der Waals surface area contributed by atoms with Gasteiger partial charge in [0, 0.05) is 42.9 Å². The molecule has 0 fully saturated rings. The fraction of sp³-hybridized carbons (Fsp3) is 0.531. The first-order valence-electron chi connectivity index (χ1n) is 15.5. The topological polar surface area (TPSA) is 182 Å². The number of carbonyl (C=O) groups excluding carboxylic acids is 3. The van der Waals surface area contributed by atoms with Gasteiger partial charge in [-0.2, -0.15) is 0 Å². The van der Waals surface area contributed by atoms with E-state index in [0.29, 0.717) is 31.6 Å². The number of aliphatic hydroxyl groups excluding tert-OH is 1. The summed E-state index contributed by atoms with van der Waals surface area (Å²) in [6.45, 7) is 10.5. The number of nitrogens with one attached hydrogen (secondary N) is 2. The van der Waals surface area contributed by atoms with E-state index in [4.69, 9.17) is 5.73 Å². The van der Waals surface area contributed by atoms with Crippen LogP contribution in [-0.2, 0) is 16.4 Å². The van der Waals surface area contributed by atoms with Crippen LogP contribution in [0.15, 0.2) is 42.5 Å². The lowest BCUT2D eigenvalue weighted by Gasteiger charge is -2.30. The zero-order valence-corrected chi connectivity index (χ0v) is 27.8. The van der Waals surface area contributed by atoms with Crippen molar-refractivity contribution in [3.63, 3.8) is 0 Å². The fourth-order valence-electron chi connectivity index (χ4n) is 4.95. The molecule has 45 heavy (non-hydrogen) atoms. The number of rotatable bonds is 19. The second kappa shape index (κ2) is 17.8. The van der Waals surface area contributed by atoms with Crippen molar-refractivity contribution in [1.82, 2.24) is 20.1 Å². The van der Waals surface area contributed by atoms with Gasteiger partial charge in [-0.05, 0) is 67.5 Å². The summed E-state index contributed by atoms with van der Waals surface area (Å²) in [5.74, 6) is -1.95. The van der Waals surface area contributed by atoms with Gasteiger partial charge in [-0.15, -0.1) is 4.83 Å². The van der Waals surface area contributed by atoms with Gasteiger partial charge in [0.1, 0.15) is 5.75 Å². The molecule has 0 aliphatic heterocycles. The highest BCUT2D eigenvalue weighted by Gasteiger charge is 2.28. The smallest absolute Gasteiger partial charge is 0.253 e. The van der Waals surface area contributed by atoms with Gasteiger partial charge in [-0.1, -0.05) is 46.8 Å². The van der Waals surface area contributed by atoms with Gasteiger partial charge in [0.2, 0.25) is 15.9 Å². The number of sulfonamides is 1. The number of phenolic OH excluding ortho intramolecular Hbond substituents is 1. The Hall–Kier alpha value is -3.52. The molecule has 0 saturated carbocycles. The predicted octanol–water partition coefficient (Wildman–Crippen LogP) is 2.66. The Balaban J connectivity index is 2.44. The summed E-state index contributed by atoms with van der Waals surface area (Å²) in [6, 6.07) is 9.40. The number of hydrogen-bond donors (Lipinski definition) is 5. The van der Waals surface area contributed by atoms with Crippen LogP contribution in [0.3, 0.4) is 0 Å². The molecule has 0 spiro atoms. The standard InChI is InChI=1S/C32H49N5O7S/c1-6-13-36(14-7-2)32(42)26-18-24(30(33)40)17-25(19-26)31(41)34-28(16-23-9-11-27(38)12-10-23)29(39)20-37(15-8-3)35-45(43,44)21-22(4)5/h9-12,17-19,22,28-29,35,38-39H,6-8,13-16,20-21H2,1-5H3,(H2,33,40)(H,34,41). The van der Waals surface area contributed by atoms with Gasteiger partial charge in [-0.25, -0.2) is 13.4 Å². The molecule has 13 heteroatoms. The van der Waals surface area contributed by atoms with Gasteiger partial charge < -0.3 is 26.2 Å². The molecule has 2 unspecified atom stereocenters. The maximum absolute atomic E-state index is 13.7. The van der Waals surface area contributed by atoms with Crippen LogP contribution in [0.1, 0.15) is 90.5 Å². The summed E-state index contributed by atoms with van der Waals surface area (Å²) in [7, 11) is -3.67. The van der Waals surface area contributed by atoms with Crippen LogP contribution >= 0.6 is 0 Å². The largest absolute Gasteiger partial charge is 0.508 e. The van der Waals surface area contributed by atoms with Crippen molar-refractivity contribution in [3.8, 4) is 5.75 Å². The van der Waals surface area contributed by atoms with E-state index in [0.717, 1.165) is 12.8 Å². The number of carbonyl (C=O) groups is 3. The third kappa shape index (κ3) is 12.4. The first kappa shape index (κ1) is 37.7. The lowest BCUT2D eigenvalue weighted by Crippen LogP contribution is -2.53. The average Bonchev–Trinajstić information content (AvgIpc) is 2.96. The molecular weight excluding hydrogens is 598 g/mol. The SMILES string of the molecule is CCCN(CC(O)C(Cc1ccc(O)cc1)NC(=O)c1cc(C(N)=O)cc(C(=O)N(CCC)CCC)c1)NS(=O)(=O)CC(C)C. The maximum Gasteiger partial charge on any atom is 0.253 e. The van der Waals surface area contributed by atoms with Crippen LogP contribution in [0.25, 0.3) is 0 Å². The summed E-state index contributed by atoms with van der Waals surface area (Å²) in [5, 5.41) is 25.4. The number of benzene rings is 2. The molecule has 0 aliphatic carbocycles. The molecule has 0 radical (unpaired) electrons. The van der Waals surface area contributed by atoms with Crippen molar-refractivity contribution in [2.24, 2.45) is 11.7 Å². The molecule has 6 N–H and O–H groups in total. The van der Waals surface area contributed by atoms with Crippen molar-refractivity contribution >= 4 is 27.7 Å². The van der Waals surface area contributed by atoms with Crippen LogP contribution in [-0.4, -0.2) is 90.3 Å². The minimum Gasteiger partial charge on any atom is -0.508 e.